The summed E-state index contributed by atoms with van der Waals surface area (Å²) >= 11 is 0. The molecule has 0 aliphatic rings. The van der Waals surface area contributed by atoms with E-state index in [0.29, 0.717) is 0 Å². The van der Waals surface area contributed by atoms with E-state index in [1.165, 1.54) is 5.56 Å². The zero-order valence-electron chi connectivity index (χ0n) is 10.8. The lowest BCUT2D eigenvalue weighted by atomic mass is 10.1. The van der Waals surface area contributed by atoms with Crippen molar-refractivity contribution in [2.24, 2.45) is 5.73 Å². The van der Waals surface area contributed by atoms with Crippen LogP contribution in [0.4, 0.5) is 0 Å². The summed E-state index contributed by atoms with van der Waals surface area (Å²) in [4.78, 5) is 0. The first-order valence-electron chi connectivity index (χ1n) is 5.84. The van der Waals surface area contributed by atoms with Gasteiger partial charge in [0.2, 0.25) is 0 Å². The smallest absolute Gasteiger partial charge is 0.125 e. The molecule has 0 aliphatic heterocycles. The largest absolute Gasteiger partial charge is 0.497 e. The van der Waals surface area contributed by atoms with Crippen LogP contribution in [0.1, 0.15) is 12.5 Å². The molecule has 1 rings (SSSR count). The third-order valence-corrected chi connectivity index (χ3v) is 2.53. The molecule has 1 aromatic carbocycles. The molecule has 0 saturated heterocycles. The molecular weight excluding hydrogens is 216 g/mol. The molecule has 96 valence electrons. The van der Waals surface area contributed by atoms with Gasteiger partial charge in [-0.25, -0.2) is 0 Å². The van der Waals surface area contributed by atoms with Crippen LogP contribution in [-0.2, 0) is 6.42 Å². The number of methoxy groups -OCH3 is 2. The summed E-state index contributed by atoms with van der Waals surface area (Å²) in [7, 11) is 3.33. The molecule has 0 radical (unpaired) electrons. The zero-order chi connectivity index (χ0) is 12.7. The van der Waals surface area contributed by atoms with Crippen LogP contribution in [0.2, 0.25) is 0 Å². The highest BCUT2D eigenvalue weighted by Crippen LogP contribution is 2.24. The van der Waals surface area contributed by atoms with E-state index in [-0.39, 0.29) is 6.04 Å². The molecule has 4 nitrogen and oxygen atoms in total. The normalized spacial score (nSPS) is 12.2. The second kappa shape index (κ2) is 7.14. The average molecular weight is 238 g/mol. The van der Waals surface area contributed by atoms with E-state index in [0.717, 1.165) is 31.0 Å². The first-order chi connectivity index (χ1) is 8.17. The number of rotatable bonds is 7. The van der Waals surface area contributed by atoms with Crippen molar-refractivity contribution in [2.75, 3.05) is 27.3 Å². The van der Waals surface area contributed by atoms with Gasteiger partial charge in [-0.15, -0.1) is 0 Å². The fraction of sp³-hybridized carbons (Fsp3) is 0.538. The molecule has 0 amide bonds. The molecule has 0 aromatic heterocycles. The molecule has 0 bridgehead atoms. The van der Waals surface area contributed by atoms with Crippen molar-refractivity contribution in [2.45, 2.75) is 19.4 Å². The molecule has 17 heavy (non-hydrogen) atoms. The number of ether oxygens (including phenoxy) is 2. The highest BCUT2D eigenvalue weighted by molar-refractivity contribution is 5.40. The third-order valence-electron chi connectivity index (χ3n) is 2.53. The fourth-order valence-corrected chi connectivity index (χ4v) is 1.61. The summed E-state index contributed by atoms with van der Waals surface area (Å²) in [6.07, 6.45) is 0.917. The highest BCUT2D eigenvalue weighted by Gasteiger charge is 2.04. The number of hydrogen-bond donors (Lipinski definition) is 2. The van der Waals surface area contributed by atoms with Gasteiger partial charge in [0.05, 0.1) is 14.2 Å². The molecule has 0 spiro atoms. The summed E-state index contributed by atoms with van der Waals surface area (Å²) in [5, 5.41) is 3.30. The van der Waals surface area contributed by atoms with E-state index < -0.39 is 0 Å². The Morgan fingerprint density at radius 2 is 2.06 bits per heavy atom. The molecule has 1 aromatic rings. The SMILES string of the molecule is COc1ccc(CCNCC(C)N)c(OC)c1. The highest BCUT2D eigenvalue weighted by atomic mass is 16.5. The summed E-state index contributed by atoms with van der Waals surface area (Å²) in [5.74, 6) is 1.68. The van der Waals surface area contributed by atoms with E-state index in [1.54, 1.807) is 14.2 Å². The van der Waals surface area contributed by atoms with Crippen molar-refractivity contribution >= 4 is 0 Å². The van der Waals surface area contributed by atoms with Crippen molar-refractivity contribution < 1.29 is 9.47 Å². The molecule has 3 N–H and O–H groups in total. The molecule has 0 fully saturated rings. The van der Waals surface area contributed by atoms with Gasteiger partial charge in [0.1, 0.15) is 11.5 Å². The molecule has 4 heteroatoms. The molecule has 0 saturated carbocycles. The Morgan fingerprint density at radius 1 is 1.29 bits per heavy atom. The second-order valence-corrected chi connectivity index (χ2v) is 4.11. The van der Waals surface area contributed by atoms with Gasteiger partial charge in [0, 0.05) is 18.7 Å². The maximum Gasteiger partial charge on any atom is 0.125 e. The Bertz CT molecular complexity index is 340. The van der Waals surface area contributed by atoms with Crippen LogP contribution in [0.5, 0.6) is 11.5 Å². The Labute approximate surface area is 103 Å². The van der Waals surface area contributed by atoms with Crippen LogP contribution < -0.4 is 20.5 Å². The minimum absolute atomic E-state index is 0.188. The summed E-state index contributed by atoms with van der Waals surface area (Å²) < 4.78 is 10.5. The second-order valence-electron chi connectivity index (χ2n) is 4.11. The predicted molar refractivity (Wildman–Crippen MR) is 69.8 cm³/mol. The summed E-state index contributed by atoms with van der Waals surface area (Å²) in [6, 6.07) is 6.07. The number of nitrogens with two attached hydrogens (primary N) is 1. The first-order valence-corrected chi connectivity index (χ1v) is 5.84. The van der Waals surface area contributed by atoms with Crippen LogP contribution in [0, 0.1) is 0 Å². The Kier molecular flexibility index (Phi) is 5.80. The summed E-state index contributed by atoms with van der Waals surface area (Å²) in [5.41, 5.74) is 6.83. The van der Waals surface area contributed by atoms with E-state index in [4.69, 9.17) is 15.2 Å². The van der Waals surface area contributed by atoms with Gasteiger partial charge < -0.3 is 20.5 Å². The van der Waals surface area contributed by atoms with Crippen molar-refractivity contribution in [3.8, 4) is 11.5 Å². The number of nitrogens with one attached hydrogen (secondary N) is 1. The van der Waals surface area contributed by atoms with Crippen molar-refractivity contribution in [1.29, 1.82) is 0 Å². The van der Waals surface area contributed by atoms with Crippen molar-refractivity contribution in [3.63, 3.8) is 0 Å². The minimum atomic E-state index is 0.188. The Hall–Kier alpha value is -1.26. The van der Waals surface area contributed by atoms with Crippen LogP contribution in [0.25, 0.3) is 0 Å². The number of hydrogen-bond acceptors (Lipinski definition) is 4. The quantitative estimate of drug-likeness (QED) is 0.700. The van der Waals surface area contributed by atoms with Crippen LogP contribution >= 0.6 is 0 Å². The van der Waals surface area contributed by atoms with E-state index in [9.17, 15) is 0 Å². The lowest BCUT2D eigenvalue weighted by Gasteiger charge is -2.11. The molecule has 0 heterocycles. The van der Waals surface area contributed by atoms with E-state index in [1.807, 2.05) is 25.1 Å². The van der Waals surface area contributed by atoms with Gasteiger partial charge in [0.25, 0.3) is 0 Å². The van der Waals surface area contributed by atoms with Crippen molar-refractivity contribution in [1.82, 2.24) is 5.32 Å². The molecular formula is C13H22N2O2. The van der Waals surface area contributed by atoms with Gasteiger partial charge in [-0.05, 0) is 31.5 Å². The van der Waals surface area contributed by atoms with Crippen molar-refractivity contribution in [3.05, 3.63) is 23.8 Å². The Balaban J connectivity index is 2.52. The molecule has 0 aliphatic carbocycles. The first kappa shape index (κ1) is 13.8. The van der Waals surface area contributed by atoms with Gasteiger partial charge in [-0.1, -0.05) is 6.07 Å². The third kappa shape index (κ3) is 4.63. The topological polar surface area (TPSA) is 56.5 Å². The maximum absolute atomic E-state index is 5.66. The van der Waals surface area contributed by atoms with Gasteiger partial charge >= 0.3 is 0 Å². The standard InChI is InChI=1S/C13H22N2O2/c1-10(14)9-15-7-6-11-4-5-12(16-2)8-13(11)17-3/h4-5,8,10,15H,6-7,9,14H2,1-3H3. The summed E-state index contributed by atoms with van der Waals surface area (Å²) in [6.45, 7) is 3.71. The monoisotopic (exact) mass is 238 g/mol. The average Bonchev–Trinajstić information content (AvgIpc) is 2.34. The van der Waals surface area contributed by atoms with Gasteiger partial charge in [0.15, 0.2) is 0 Å². The fourth-order valence-electron chi connectivity index (χ4n) is 1.61. The zero-order valence-corrected chi connectivity index (χ0v) is 10.8. The lowest BCUT2D eigenvalue weighted by Crippen LogP contribution is -2.32. The van der Waals surface area contributed by atoms with Gasteiger partial charge in [-0.2, -0.15) is 0 Å². The lowest BCUT2D eigenvalue weighted by molar-refractivity contribution is 0.390. The van der Waals surface area contributed by atoms with Crippen LogP contribution in [0.3, 0.4) is 0 Å². The van der Waals surface area contributed by atoms with Gasteiger partial charge in [-0.3, -0.25) is 0 Å². The predicted octanol–water partition coefficient (Wildman–Crippen LogP) is 1.18. The molecule has 1 unspecified atom stereocenters. The van der Waals surface area contributed by atoms with Crippen LogP contribution in [-0.4, -0.2) is 33.4 Å². The number of benzene rings is 1. The van der Waals surface area contributed by atoms with E-state index >= 15 is 0 Å². The van der Waals surface area contributed by atoms with E-state index in [2.05, 4.69) is 5.32 Å². The minimum Gasteiger partial charge on any atom is -0.497 e. The Morgan fingerprint density at radius 3 is 2.65 bits per heavy atom. The van der Waals surface area contributed by atoms with Crippen LogP contribution in [0.15, 0.2) is 18.2 Å². The maximum atomic E-state index is 5.66. The molecule has 1 atom stereocenters.